The summed E-state index contributed by atoms with van der Waals surface area (Å²) in [5, 5.41) is 14.3. The van der Waals surface area contributed by atoms with Crippen LogP contribution in [0.25, 0.3) is 0 Å². The lowest BCUT2D eigenvalue weighted by Gasteiger charge is -2.19. The number of benzene rings is 1. The third-order valence-electron chi connectivity index (χ3n) is 3.07. The average molecular weight is 279 g/mol. The summed E-state index contributed by atoms with van der Waals surface area (Å²) in [6.07, 6.45) is 0.853. The highest BCUT2D eigenvalue weighted by molar-refractivity contribution is 6.00. The molecule has 0 heterocycles. The Bertz CT molecular complexity index is 485. The molecule has 6 heteroatoms. The Morgan fingerprint density at radius 2 is 1.95 bits per heavy atom. The van der Waals surface area contributed by atoms with Gasteiger partial charge in [0.15, 0.2) is 0 Å². The first-order chi connectivity index (χ1) is 9.56. The summed E-state index contributed by atoms with van der Waals surface area (Å²) >= 11 is 0. The van der Waals surface area contributed by atoms with Crippen LogP contribution in [0.2, 0.25) is 0 Å². The van der Waals surface area contributed by atoms with Gasteiger partial charge in [0.2, 0.25) is 0 Å². The highest BCUT2D eigenvalue weighted by Gasteiger charge is 2.26. The Hall–Kier alpha value is -2.11. The molecule has 0 bridgehead atoms. The number of nitrogens with one attached hydrogen (secondary N) is 1. The van der Waals surface area contributed by atoms with Crippen LogP contribution in [-0.2, 0) is 0 Å². The molecule has 0 saturated carbocycles. The monoisotopic (exact) mass is 279 g/mol. The summed E-state index contributed by atoms with van der Waals surface area (Å²) < 4.78 is 0. The number of carbonyl (C=O) groups is 1. The standard InChI is InChI=1S/C14H21N3O3/c1-4-10-15-12-9-7-8-11(13(12)17(19)20)14(18)16(5-2)6-3/h7-9,15H,4-6,10H2,1-3H3. The van der Waals surface area contributed by atoms with Crippen LogP contribution in [0.4, 0.5) is 11.4 Å². The van der Waals surface area contributed by atoms with E-state index in [1.165, 1.54) is 6.07 Å². The van der Waals surface area contributed by atoms with E-state index in [2.05, 4.69) is 5.32 Å². The van der Waals surface area contributed by atoms with Gasteiger partial charge in [0, 0.05) is 19.6 Å². The average Bonchev–Trinajstić information content (AvgIpc) is 2.45. The zero-order valence-electron chi connectivity index (χ0n) is 12.2. The number of hydrogen-bond donors (Lipinski definition) is 1. The molecule has 0 saturated heterocycles. The van der Waals surface area contributed by atoms with Gasteiger partial charge in [-0.1, -0.05) is 13.0 Å². The molecule has 0 spiro atoms. The van der Waals surface area contributed by atoms with Crippen LogP contribution in [0, 0.1) is 10.1 Å². The van der Waals surface area contributed by atoms with Crippen LogP contribution in [-0.4, -0.2) is 35.4 Å². The molecule has 6 nitrogen and oxygen atoms in total. The van der Waals surface area contributed by atoms with Gasteiger partial charge in [-0.2, -0.15) is 0 Å². The fraction of sp³-hybridized carbons (Fsp3) is 0.500. The minimum Gasteiger partial charge on any atom is -0.379 e. The summed E-state index contributed by atoms with van der Waals surface area (Å²) in [6, 6.07) is 4.81. The molecule has 1 rings (SSSR count). The normalized spacial score (nSPS) is 10.2. The first-order valence-corrected chi connectivity index (χ1v) is 6.87. The summed E-state index contributed by atoms with van der Waals surface area (Å²) in [4.78, 5) is 24.7. The fourth-order valence-corrected chi connectivity index (χ4v) is 2.00. The zero-order chi connectivity index (χ0) is 15.1. The molecule has 1 aromatic carbocycles. The van der Waals surface area contributed by atoms with Crippen molar-refractivity contribution in [2.75, 3.05) is 25.0 Å². The van der Waals surface area contributed by atoms with Gasteiger partial charge in [0.25, 0.3) is 5.91 Å². The number of nitro groups is 1. The maximum Gasteiger partial charge on any atom is 0.305 e. The molecule has 0 fully saturated rings. The van der Waals surface area contributed by atoms with E-state index >= 15 is 0 Å². The molecule has 0 aromatic heterocycles. The maximum absolute atomic E-state index is 12.4. The summed E-state index contributed by atoms with van der Waals surface area (Å²) in [5.74, 6) is -0.304. The van der Waals surface area contributed by atoms with Gasteiger partial charge in [-0.3, -0.25) is 14.9 Å². The van der Waals surface area contributed by atoms with E-state index in [0.717, 1.165) is 6.42 Å². The van der Waals surface area contributed by atoms with Gasteiger partial charge in [-0.05, 0) is 32.4 Å². The third-order valence-corrected chi connectivity index (χ3v) is 3.07. The number of nitrogens with zero attached hydrogens (tertiary/aromatic N) is 2. The number of anilines is 1. The van der Waals surface area contributed by atoms with E-state index in [1.807, 2.05) is 20.8 Å². The van der Waals surface area contributed by atoms with Gasteiger partial charge >= 0.3 is 5.69 Å². The van der Waals surface area contributed by atoms with Crippen molar-refractivity contribution in [1.82, 2.24) is 4.90 Å². The van der Waals surface area contributed by atoms with E-state index in [0.29, 0.717) is 25.3 Å². The van der Waals surface area contributed by atoms with Crippen LogP contribution in [0.1, 0.15) is 37.6 Å². The van der Waals surface area contributed by atoms with Crippen molar-refractivity contribution < 1.29 is 9.72 Å². The van der Waals surface area contributed by atoms with Crippen LogP contribution < -0.4 is 5.32 Å². The van der Waals surface area contributed by atoms with E-state index in [4.69, 9.17) is 0 Å². The number of amides is 1. The minimum absolute atomic E-state index is 0.139. The van der Waals surface area contributed by atoms with Crippen LogP contribution in [0.3, 0.4) is 0 Å². The first kappa shape index (κ1) is 15.9. The quantitative estimate of drug-likeness (QED) is 0.615. The molecule has 0 aliphatic heterocycles. The van der Waals surface area contributed by atoms with Crippen molar-refractivity contribution in [3.05, 3.63) is 33.9 Å². The highest BCUT2D eigenvalue weighted by atomic mass is 16.6. The Kier molecular flexibility index (Phi) is 5.96. The van der Waals surface area contributed by atoms with Crippen molar-refractivity contribution in [1.29, 1.82) is 0 Å². The number of hydrogen-bond acceptors (Lipinski definition) is 4. The molecule has 110 valence electrons. The summed E-state index contributed by atoms with van der Waals surface area (Å²) in [5.41, 5.74) is 0.396. The second-order valence-electron chi connectivity index (χ2n) is 4.36. The number of rotatable bonds is 7. The largest absolute Gasteiger partial charge is 0.379 e. The smallest absolute Gasteiger partial charge is 0.305 e. The molecule has 0 unspecified atom stereocenters. The molecule has 20 heavy (non-hydrogen) atoms. The van der Waals surface area contributed by atoms with Gasteiger partial charge < -0.3 is 10.2 Å². The van der Waals surface area contributed by atoms with E-state index in [-0.39, 0.29) is 17.2 Å². The predicted octanol–water partition coefficient (Wildman–Crippen LogP) is 2.90. The Morgan fingerprint density at radius 1 is 1.30 bits per heavy atom. The molecular weight excluding hydrogens is 258 g/mol. The second kappa shape index (κ2) is 7.47. The van der Waals surface area contributed by atoms with Crippen LogP contribution in [0.15, 0.2) is 18.2 Å². The lowest BCUT2D eigenvalue weighted by atomic mass is 10.1. The molecule has 1 amide bonds. The van der Waals surface area contributed by atoms with E-state index < -0.39 is 4.92 Å². The number of para-hydroxylation sites is 1. The lowest BCUT2D eigenvalue weighted by Crippen LogP contribution is -2.31. The van der Waals surface area contributed by atoms with Crippen molar-refractivity contribution in [3.8, 4) is 0 Å². The Morgan fingerprint density at radius 3 is 2.45 bits per heavy atom. The first-order valence-electron chi connectivity index (χ1n) is 6.87. The molecule has 1 N–H and O–H groups in total. The Balaban J connectivity index is 3.25. The van der Waals surface area contributed by atoms with Gasteiger partial charge in [0.05, 0.1) is 4.92 Å². The van der Waals surface area contributed by atoms with Gasteiger partial charge in [-0.25, -0.2) is 0 Å². The van der Waals surface area contributed by atoms with Gasteiger partial charge in [0.1, 0.15) is 11.3 Å². The Labute approximate surface area is 118 Å². The lowest BCUT2D eigenvalue weighted by molar-refractivity contribution is -0.384. The third kappa shape index (κ3) is 3.46. The predicted molar refractivity (Wildman–Crippen MR) is 79.1 cm³/mol. The second-order valence-corrected chi connectivity index (χ2v) is 4.36. The SMILES string of the molecule is CCCNc1cccc(C(=O)N(CC)CC)c1[N+](=O)[O-]. The molecule has 1 aromatic rings. The molecule has 0 atom stereocenters. The van der Waals surface area contributed by atoms with E-state index in [9.17, 15) is 14.9 Å². The molecule has 0 radical (unpaired) electrons. The molecule has 0 aliphatic carbocycles. The fourth-order valence-electron chi connectivity index (χ4n) is 2.00. The summed E-state index contributed by atoms with van der Waals surface area (Å²) in [7, 11) is 0. The van der Waals surface area contributed by atoms with Crippen molar-refractivity contribution in [2.45, 2.75) is 27.2 Å². The van der Waals surface area contributed by atoms with Gasteiger partial charge in [-0.15, -0.1) is 0 Å². The number of carbonyl (C=O) groups excluding carboxylic acids is 1. The zero-order valence-corrected chi connectivity index (χ0v) is 12.2. The van der Waals surface area contributed by atoms with Crippen LogP contribution in [0.5, 0.6) is 0 Å². The highest BCUT2D eigenvalue weighted by Crippen LogP contribution is 2.29. The summed E-state index contributed by atoms with van der Waals surface area (Å²) in [6.45, 7) is 7.37. The van der Waals surface area contributed by atoms with Crippen molar-refractivity contribution >= 4 is 17.3 Å². The topological polar surface area (TPSA) is 75.5 Å². The number of nitro benzene ring substituents is 1. The maximum atomic E-state index is 12.4. The van der Waals surface area contributed by atoms with Crippen molar-refractivity contribution in [2.24, 2.45) is 0 Å². The van der Waals surface area contributed by atoms with Crippen LogP contribution >= 0.6 is 0 Å². The molecule has 0 aliphatic rings. The van der Waals surface area contributed by atoms with Crippen molar-refractivity contribution in [3.63, 3.8) is 0 Å². The molecular formula is C14H21N3O3. The minimum atomic E-state index is -0.491. The van der Waals surface area contributed by atoms with E-state index in [1.54, 1.807) is 17.0 Å².